The highest BCUT2D eigenvalue weighted by molar-refractivity contribution is 5.87. The van der Waals surface area contributed by atoms with E-state index in [1.54, 1.807) is 6.33 Å². The van der Waals surface area contributed by atoms with Gasteiger partial charge in [-0.25, -0.2) is 9.89 Å². The van der Waals surface area contributed by atoms with Crippen LogP contribution in [-0.4, -0.2) is 47.8 Å². The molecule has 0 radical (unpaired) electrons. The highest BCUT2D eigenvalue weighted by Gasteiger charge is 2.26. The van der Waals surface area contributed by atoms with Gasteiger partial charge in [0.25, 0.3) is 5.88 Å². The molecule has 0 amide bonds. The molecule has 3 N–H and O–H groups in total. The van der Waals surface area contributed by atoms with Crippen LogP contribution >= 0.6 is 0 Å². The van der Waals surface area contributed by atoms with Gasteiger partial charge in [-0.1, -0.05) is 34.6 Å². The second-order valence-electron chi connectivity index (χ2n) is 6.35. The van der Waals surface area contributed by atoms with E-state index in [1.165, 1.54) is 5.56 Å². The number of aromatic nitrogens is 6. The Hall–Kier alpha value is -3.23. The molecule has 1 aliphatic rings. The number of nitrogens with one attached hydrogen (secondary N) is 2. The minimum Gasteiger partial charge on any atom is -0.476 e. The molecule has 1 aromatic carbocycles. The summed E-state index contributed by atoms with van der Waals surface area (Å²) in [7, 11) is 0. The van der Waals surface area contributed by atoms with Gasteiger partial charge in [0.1, 0.15) is 12.4 Å². The number of aromatic carboxylic acids is 1. The molecular weight excluding hydrogens is 336 g/mol. The molecule has 9 heteroatoms. The van der Waals surface area contributed by atoms with E-state index < -0.39 is 5.97 Å². The Morgan fingerprint density at radius 3 is 2.54 bits per heavy atom. The lowest BCUT2D eigenvalue weighted by molar-refractivity contribution is 0.0678. The molecule has 0 spiro atoms. The van der Waals surface area contributed by atoms with E-state index in [9.17, 15) is 4.79 Å². The predicted molar refractivity (Wildman–Crippen MR) is 90.8 cm³/mol. The van der Waals surface area contributed by atoms with Crippen molar-refractivity contribution in [2.24, 2.45) is 0 Å². The van der Waals surface area contributed by atoms with Crippen LogP contribution in [0.15, 0.2) is 30.6 Å². The Bertz CT molecular complexity index is 866. The van der Waals surface area contributed by atoms with Crippen LogP contribution in [0, 0.1) is 0 Å². The van der Waals surface area contributed by atoms with Crippen molar-refractivity contribution < 1.29 is 14.6 Å². The SMILES string of the molecule is O=C(O)c1[nH]nnc1O[C@H]1CC[C@H](c2ccc(-c3nnc[nH]3)cc2)CC1. The van der Waals surface area contributed by atoms with Crippen LogP contribution in [0.25, 0.3) is 11.4 Å². The van der Waals surface area contributed by atoms with Crippen LogP contribution < -0.4 is 4.74 Å². The molecule has 4 rings (SSSR count). The first-order valence-corrected chi connectivity index (χ1v) is 8.48. The van der Waals surface area contributed by atoms with Crippen molar-refractivity contribution >= 4 is 5.97 Å². The van der Waals surface area contributed by atoms with Crippen molar-refractivity contribution in [1.29, 1.82) is 0 Å². The van der Waals surface area contributed by atoms with Gasteiger partial charge < -0.3 is 14.8 Å². The summed E-state index contributed by atoms with van der Waals surface area (Å²) in [6.07, 6.45) is 5.18. The summed E-state index contributed by atoms with van der Waals surface area (Å²) < 4.78 is 5.73. The second-order valence-corrected chi connectivity index (χ2v) is 6.35. The normalized spacial score (nSPS) is 20.0. The fourth-order valence-corrected chi connectivity index (χ4v) is 3.37. The van der Waals surface area contributed by atoms with Gasteiger partial charge in [0.15, 0.2) is 5.82 Å². The molecule has 0 aliphatic heterocycles. The molecule has 1 fully saturated rings. The average Bonchev–Trinajstić information content (AvgIpc) is 3.34. The maximum Gasteiger partial charge on any atom is 0.359 e. The number of aromatic amines is 2. The van der Waals surface area contributed by atoms with E-state index in [4.69, 9.17) is 9.84 Å². The number of nitrogens with zero attached hydrogens (tertiary/aromatic N) is 4. The van der Waals surface area contributed by atoms with Crippen molar-refractivity contribution in [3.05, 3.63) is 41.9 Å². The Morgan fingerprint density at radius 2 is 1.88 bits per heavy atom. The molecule has 3 aromatic rings. The first-order valence-electron chi connectivity index (χ1n) is 8.48. The first kappa shape index (κ1) is 16.2. The zero-order chi connectivity index (χ0) is 17.9. The summed E-state index contributed by atoms with van der Waals surface area (Å²) in [5.41, 5.74) is 2.20. The number of rotatable bonds is 5. The second kappa shape index (κ2) is 6.95. The van der Waals surface area contributed by atoms with E-state index >= 15 is 0 Å². The quantitative estimate of drug-likeness (QED) is 0.641. The summed E-state index contributed by atoms with van der Waals surface area (Å²) in [6.45, 7) is 0. The van der Waals surface area contributed by atoms with Crippen molar-refractivity contribution in [3.8, 4) is 17.3 Å². The summed E-state index contributed by atoms with van der Waals surface area (Å²) in [5, 5.41) is 26.5. The predicted octanol–water partition coefficient (Wildman–Crippen LogP) is 2.39. The van der Waals surface area contributed by atoms with Gasteiger partial charge in [0.05, 0.1) is 0 Å². The standard InChI is InChI=1S/C17H18N6O3/c24-17(25)14-16(22-23-20-14)26-13-7-5-11(6-8-13)10-1-3-12(4-2-10)15-18-9-19-21-15/h1-4,9,11,13H,5-8H2,(H,24,25)(H,18,19,21)(H,20,22,23)/t11-,13-. The smallest absolute Gasteiger partial charge is 0.359 e. The van der Waals surface area contributed by atoms with Gasteiger partial charge >= 0.3 is 5.97 Å². The monoisotopic (exact) mass is 354 g/mol. The Morgan fingerprint density at radius 1 is 1.12 bits per heavy atom. The Balaban J connectivity index is 1.36. The number of H-pyrrole nitrogens is 2. The first-order chi connectivity index (χ1) is 12.7. The lowest BCUT2D eigenvalue weighted by atomic mass is 9.82. The molecule has 9 nitrogen and oxygen atoms in total. The van der Waals surface area contributed by atoms with Gasteiger partial charge in [-0.3, -0.25) is 0 Å². The third kappa shape index (κ3) is 3.28. The van der Waals surface area contributed by atoms with Crippen molar-refractivity contribution in [3.63, 3.8) is 0 Å². The fraction of sp³-hybridized carbons (Fsp3) is 0.353. The third-order valence-electron chi connectivity index (χ3n) is 4.76. The number of carbonyl (C=O) groups is 1. The lowest BCUT2D eigenvalue weighted by Gasteiger charge is -2.28. The van der Waals surface area contributed by atoms with Crippen LogP contribution in [-0.2, 0) is 0 Å². The Kier molecular flexibility index (Phi) is 4.34. The zero-order valence-corrected chi connectivity index (χ0v) is 13.9. The third-order valence-corrected chi connectivity index (χ3v) is 4.76. The number of carboxylic acids is 1. The van der Waals surface area contributed by atoms with Crippen LogP contribution in [0.2, 0.25) is 0 Å². The number of carboxylic acid groups (broad SMARTS) is 1. The highest BCUT2D eigenvalue weighted by atomic mass is 16.5. The average molecular weight is 354 g/mol. The maximum atomic E-state index is 11.1. The topological polar surface area (TPSA) is 130 Å². The van der Waals surface area contributed by atoms with Crippen molar-refractivity contribution in [2.75, 3.05) is 0 Å². The molecular formula is C17H18N6O3. The zero-order valence-electron chi connectivity index (χ0n) is 13.9. The molecule has 2 aromatic heterocycles. The maximum absolute atomic E-state index is 11.1. The van der Waals surface area contributed by atoms with E-state index in [-0.39, 0.29) is 17.7 Å². The van der Waals surface area contributed by atoms with E-state index in [1.807, 2.05) is 12.1 Å². The summed E-state index contributed by atoms with van der Waals surface area (Å²) in [5.74, 6) is 0.174. The van der Waals surface area contributed by atoms with Crippen LogP contribution in [0.4, 0.5) is 0 Å². The molecule has 0 atom stereocenters. The highest BCUT2D eigenvalue weighted by Crippen LogP contribution is 2.35. The molecule has 1 aliphatic carbocycles. The van der Waals surface area contributed by atoms with Crippen molar-refractivity contribution in [2.45, 2.75) is 37.7 Å². The molecule has 0 saturated heterocycles. The van der Waals surface area contributed by atoms with E-state index in [0.717, 1.165) is 37.1 Å². The van der Waals surface area contributed by atoms with E-state index in [0.29, 0.717) is 5.92 Å². The fourth-order valence-electron chi connectivity index (χ4n) is 3.37. The molecule has 2 heterocycles. The van der Waals surface area contributed by atoms with Gasteiger partial charge in [0.2, 0.25) is 5.69 Å². The molecule has 134 valence electrons. The van der Waals surface area contributed by atoms with Gasteiger partial charge in [-0.05, 0) is 37.2 Å². The summed E-state index contributed by atoms with van der Waals surface area (Å²) in [6, 6.07) is 8.35. The van der Waals surface area contributed by atoms with Crippen molar-refractivity contribution in [1.82, 2.24) is 30.6 Å². The summed E-state index contributed by atoms with van der Waals surface area (Å²) in [4.78, 5) is 14.1. The molecule has 0 unspecified atom stereocenters. The van der Waals surface area contributed by atoms with Crippen LogP contribution in [0.1, 0.15) is 47.7 Å². The lowest BCUT2D eigenvalue weighted by Crippen LogP contribution is -2.24. The Labute approximate surface area is 148 Å². The minimum atomic E-state index is -1.12. The molecule has 26 heavy (non-hydrogen) atoms. The largest absolute Gasteiger partial charge is 0.476 e. The molecule has 1 saturated carbocycles. The van der Waals surface area contributed by atoms with Crippen LogP contribution in [0.5, 0.6) is 5.88 Å². The minimum absolute atomic E-state index is 0.0390. The van der Waals surface area contributed by atoms with Gasteiger partial charge in [-0.15, -0.1) is 10.2 Å². The number of benzene rings is 1. The number of ether oxygens (including phenoxy) is 1. The summed E-state index contributed by atoms with van der Waals surface area (Å²) >= 11 is 0. The van der Waals surface area contributed by atoms with E-state index in [2.05, 4.69) is 42.7 Å². The number of hydrogen-bond donors (Lipinski definition) is 3. The van der Waals surface area contributed by atoms with Crippen LogP contribution in [0.3, 0.4) is 0 Å². The number of hydrogen-bond acceptors (Lipinski definition) is 6. The van der Waals surface area contributed by atoms with Gasteiger partial charge in [0, 0.05) is 5.56 Å². The van der Waals surface area contributed by atoms with Gasteiger partial charge in [-0.2, -0.15) is 0 Å². The molecule has 0 bridgehead atoms.